The van der Waals surface area contributed by atoms with Crippen molar-refractivity contribution in [1.29, 1.82) is 5.41 Å². The third-order valence-corrected chi connectivity index (χ3v) is 7.71. The summed E-state index contributed by atoms with van der Waals surface area (Å²) in [4.78, 5) is 39.7. The number of hydrogen-bond acceptors (Lipinski definition) is 7. The van der Waals surface area contributed by atoms with Gasteiger partial charge < -0.3 is 10.2 Å². The van der Waals surface area contributed by atoms with Crippen molar-refractivity contribution >= 4 is 56.9 Å². The number of hydrogen-bond donors (Lipinski definition) is 3. The summed E-state index contributed by atoms with van der Waals surface area (Å²) in [5, 5.41) is 12.5. The Labute approximate surface area is 231 Å². The first-order chi connectivity index (χ1) is 18.8. The lowest BCUT2D eigenvalue weighted by molar-refractivity contribution is 0.322. The SMILES string of the molecule is Cn1c(=O)n(CCN2CCCC2)c2ccc(Nc3ncc4c(=N)n(-c5c(Cl)cccc5Cl)c(=O)[nH]c4n3)cc21. The molecule has 1 saturated heterocycles. The number of anilines is 2. The molecule has 3 aromatic heterocycles. The molecular formula is C26H25Cl2N9O2. The largest absolute Gasteiger partial charge is 0.333 e. The van der Waals surface area contributed by atoms with Gasteiger partial charge >= 0.3 is 11.4 Å². The number of benzene rings is 2. The highest BCUT2D eigenvalue weighted by molar-refractivity contribution is 6.37. The molecule has 0 saturated carbocycles. The number of halogens is 2. The monoisotopic (exact) mass is 565 g/mol. The molecule has 2 aromatic carbocycles. The van der Waals surface area contributed by atoms with E-state index in [1.54, 1.807) is 29.8 Å². The summed E-state index contributed by atoms with van der Waals surface area (Å²) in [7, 11) is 1.76. The maximum Gasteiger partial charge on any atom is 0.333 e. The van der Waals surface area contributed by atoms with Crippen molar-refractivity contribution in [3.8, 4) is 5.69 Å². The zero-order chi connectivity index (χ0) is 27.3. The molecule has 0 bridgehead atoms. The minimum absolute atomic E-state index is 0.0595. The van der Waals surface area contributed by atoms with Crippen LogP contribution in [0.1, 0.15) is 12.8 Å². The van der Waals surface area contributed by atoms with Crippen LogP contribution in [0.4, 0.5) is 11.6 Å². The second kappa shape index (κ2) is 9.99. The van der Waals surface area contributed by atoms with Crippen LogP contribution in [0.25, 0.3) is 27.8 Å². The highest BCUT2D eigenvalue weighted by Crippen LogP contribution is 2.26. The molecule has 0 amide bonds. The van der Waals surface area contributed by atoms with Gasteiger partial charge in [-0.3, -0.25) is 19.5 Å². The lowest BCUT2D eigenvalue weighted by atomic mass is 10.2. The quantitative estimate of drug-likeness (QED) is 0.289. The number of para-hydroxylation sites is 1. The van der Waals surface area contributed by atoms with Crippen LogP contribution in [-0.2, 0) is 13.6 Å². The number of aromatic amines is 1. The first-order valence-corrected chi connectivity index (χ1v) is 13.3. The topological polar surface area (TPSA) is 130 Å². The minimum Gasteiger partial charge on any atom is -0.324 e. The second-order valence-corrected chi connectivity index (χ2v) is 10.3. The molecule has 11 nitrogen and oxygen atoms in total. The molecule has 200 valence electrons. The van der Waals surface area contributed by atoms with Crippen LogP contribution in [0.2, 0.25) is 10.0 Å². The number of nitrogens with zero attached hydrogens (tertiary/aromatic N) is 6. The Balaban J connectivity index is 1.32. The van der Waals surface area contributed by atoms with Gasteiger partial charge in [0, 0.05) is 32.0 Å². The highest BCUT2D eigenvalue weighted by atomic mass is 35.5. The predicted octanol–water partition coefficient (Wildman–Crippen LogP) is 3.39. The number of imidazole rings is 1. The Bertz CT molecular complexity index is 1900. The van der Waals surface area contributed by atoms with E-state index < -0.39 is 5.69 Å². The van der Waals surface area contributed by atoms with Crippen LogP contribution in [0.5, 0.6) is 0 Å². The minimum atomic E-state index is -0.612. The number of H-pyrrole nitrogens is 1. The molecule has 1 fully saturated rings. The van der Waals surface area contributed by atoms with Gasteiger partial charge in [-0.25, -0.2) is 19.1 Å². The van der Waals surface area contributed by atoms with E-state index in [4.69, 9.17) is 28.6 Å². The molecule has 0 aliphatic carbocycles. The fourth-order valence-corrected chi connectivity index (χ4v) is 5.65. The van der Waals surface area contributed by atoms with Gasteiger partial charge in [0.25, 0.3) is 0 Å². The number of nitrogens with one attached hydrogen (secondary N) is 3. The third-order valence-electron chi connectivity index (χ3n) is 7.10. The molecule has 13 heteroatoms. The van der Waals surface area contributed by atoms with E-state index in [2.05, 4.69) is 25.2 Å². The van der Waals surface area contributed by atoms with E-state index in [9.17, 15) is 9.59 Å². The van der Waals surface area contributed by atoms with Crippen LogP contribution >= 0.6 is 23.2 Å². The first-order valence-electron chi connectivity index (χ1n) is 12.5. The molecule has 6 rings (SSSR count). The zero-order valence-electron chi connectivity index (χ0n) is 21.0. The van der Waals surface area contributed by atoms with E-state index in [1.807, 2.05) is 22.8 Å². The number of aromatic nitrogens is 6. The van der Waals surface area contributed by atoms with Crippen LogP contribution in [0, 0.1) is 5.41 Å². The average molecular weight is 566 g/mol. The summed E-state index contributed by atoms with van der Waals surface area (Å²) < 4.78 is 4.53. The Kier molecular flexibility index (Phi) is 6.49. The average Bonchev–Trinajstić information content (AvgIpc) is 3.51. The molecule has 1 aliphatic rings. The van der Waals surface area contributed by atoms with E-state index in [1.165, 1.54) is 19.0 Å². The second-order valence-electron chi connectivity index (χ2n) is 9.51. The molecule has 3 N–H and O–H groups in total. The molecule has 0 unspecified atom stereocenters. The van der Waals surface area contributed by atoms with E-state index in [0.717, 1.165) is 35.2 Å². The summed E-state index contributed by atoms with van der Waals surface area (Å²) in [6, 6.07) is 10.5. The molecule has 0 atom stereocenters. The van der Waals surface area contributed by atoms with Gasteiger partial charge in [-0.2, -0.15) is 4.98 Å². The number of likely N-dealkylation sites (tertiary alicyclic amines) is 1. The lowest BCUT2D eigenvalue weighted by Gasteiger charge is -2.14. The van der Waals surface area contributed by atoms with Crippen LogP contribution in [-0.4, -0.2) is 53.2 Å². The molecular weight excluding hydrogens is 541 g/mol. The van der Waals surface area contributed by atoms with Crippen molar-refractivity contribution in [3.63, 3.8) is 0 Å². The fraction of sp³-hybridized carbons (Fsp3) is 0.269. The van der Waals surface area contributed by atoms with Gasteiger partial charge in [0.2, 0.25) is 5.95 Å². The van der Waals surface area contributed by atoms with Gasteiger partial charge in [0.15, 0.2) is 5.65 Å². The van der Waals surface area contributed by atoms with E-state index in [-0.39, 0.29) is 38.5 Å². The molecule has 39 heavy (non-hydrogen) atoms. The Morgan fingerprint density at radius 2 is 1.79 bits per heavy atom. The predicted molar refractivity (Wildman–Crippen MR) is 151 cm³/mol. The van der Waals surface area contributed by atoms with Gasteiger partial charge in [0.05, 0.1) is 32.2 Å². The Hall–Kier alpha value is -3.93. The van der Waals surface area contributed by atoms with Gasteiger partial charge in [-0.1, -0.05) is 29.3 Å². The van der Waals surface area contributed by atoms with E-state index in [0.29, 0.717) is 17.6 Å². The zero-order valence-corrected chi connectivity index (χ0v) is 22.6. The van der Waals surface area contributed by atoms with Crippen molar-refractivity contribution in [2.45, 2.75) is 19.4 Å². The summed E-state index contributed by atoms with van der Waals surface area (Å²) in [6.07, 6.45) is 3.87. The molecule has 5 aromatic rings. The highest BCUT2D eigenvalue weighted by Gasteiger charge is 2.17. The van der Waals surface area contributed by atoms with Crippen molar-refractivity contribution < 1.29 is 0 Å². The van der Waals surface area contributed by atoms with Gasteiger partial charge in [0.1, 0.15) is 5.49 Å². The number of aryl methyl sites for hydroxylation is 1. The molecule has 0 radical (unpaired) electrons. The summed E-state index contributed by atoms with van der Waals surface area (Å²) in [6.45, 7) is 3.65. The molecule has 1 aliphatic heterocycles. The maximum atomic E-state index is 12.9. The molecule has 4 heterocycles. The van der Waals surface area contributed by atoms with E-state index >= 15 is 0 Å². The summed E-state index contributed by atoms with van der Waals surface area (Å²) in [5.74, 6) is 0.226. The van der Waals surface area contributed by atoms with Crippen LogP contribution in [0.3, 0.4) is 0 Å². The van der Waals surface area contributed by atoms with Gasteiger partial charge in [-0.05, 0) is 56.3 Å². The van der Waals surface area contributed by atoms with Crippen molar-refractivity contribution in [1.82, 2.24) is 33.6 Å². The Morgan fingerprint density at radius 1 is 1.05 bits per heavy atom. The van der Waals surface area contributed by atoms with Crippen LogP contribution < -0.4 is 22.2 Å². The normalized spacial score (nSPS) is 14.0. The first kappa shape index (κ1) is 25.4. The maximum absolute atomic E-state index is 12.9. The fourth-order valence-electron chi connectivity index (χ4n) is 5.08. The molecule has 0 spiro atoms. The number of rotatable bonds is 6. The summed E-state index contributed by atoms with van der Waals surface area (Å²) >= 11 is 12.6. The smallest absolute Gasteiger partial charge is 0.324 e. The van der Waals surface area contributed by atoms with Crippen molar-refractivity contribution in [3.05, 3.63) is 79.1 Å². The third kappa shape index (κ3) is 4.52. The van der Waals surface area contributed by atoms with Crippen LogP contribution in [0.15, 0.2) is 52.2 Å². The number of fused-ring (bicyclic) bond motifs is 2. The summed E-state index contributed by atoms with van der Waals surface area (Å²) in [5.41, 5.74) is 1.89. The van der Waals surface area contributed by atoms with Crippen molar-refractivity contribution in [2.75, 3.05) is 25.0 Å². The lowest BCUT2D eigenvalue weighted by Crippen LogP contribution is -2.34. The van der Waals surface area contributed by atoms with Gasteiger partial charge in [-0.15, -0.1) is 0 Å². The van der Waals surface area contributed by atoms with Crippen molar-refractivity contribution in [2.24, 2.45) is 7.05 Å². The Morgan fingerprint density at radius 3 is 2.54 bits per heavy atom. The standard InChI is InChI=1S/C26H25Cl2N9O2/c1-34-20-13-15(7-8-19(20)36(26(34)39)12-11-35-9-2-3-10-35)31-24-30-14-16-22(29)37(25(38)33-23(16)32-24)21-17(27)5-4-6-18(21)28/h4-8,13-14,29H,2-3,9-12H2,1H3,(H2,30,31,32,33,38).